The predicted molar refractivity (Wildman–Crippen MR) is 59.8 cm³/mol. The number of aromatic nitrogens is 1. The van der Waals surface area contributed by atoms with Gasteiger partial charge < -0.3 is 0 Å². The first-order chi connectivity index (χ1) is 6.25. The molecule has 0 spiro atoms. The maximum Gasteiger partial charge on any atom is 0.158 e. The van der Waals surface area contributed by atoms with Crippen LogP contribution in [-0.4, -0.2) is 19.7 Å². The Kier molecular flexibility index (Phi) is 3.02. The van der Waals surface area contributed by atoms with Crippen molar-refractivity contribution in [3.63, 3.8) is 0 Å². The molecule has 0 saturated heterocycles. The molecule has 0 fully saturated rings. The molecule has 0 unspecified atom stereocenters. The van der Waals surface area contributed by atoms with Crippen molar-refractivity contribution in [2.45, 2.75) is 18.6 Å². The van der Waals surface area contributed by atoms with Crippen LogP contribution in [0.5, 0.6) is 0 Å². The standard InChI is InChI=1S/C9H12BrNO2S/c1-9(2,14(3,12)13)7-5-4-6-8(10)11-7/h4-6H,1-3H3. The molecular weight excluding hydrogens is 266 g/mol. The molecule has 0 aromatic carbocycles. The van der Waals surface area contributed by atoms with Crippen molar-refractivity contribution in [2.24, 2.45) is 0 Å². The third-order valence-electron chi connectivity index (χ3n) is 2.26. The fourth-order valence-electron chi connectivity index (χ4n) is 0.934. The average Bonchev–Trinajstić information content (AvgIpc) is 2.02. The third-order valence-corrected chi connectivity index (χ3v) is 4.76. The molecule has 1 aromatic heterocycles. The van der Waals surface area contributed by atoms with E-state index in [0.717, 1.165) is 0 Å². The van der Waals surface area contributed by atoms with Gasteiger partial charge in [-0.3, -0.25) is 0 Å². The van der Waals surface area contributed by atoms with Gasteiger partial charge in [0.2, 0.25) is 0 Å². The molecule has 0 bridgehead atoms. The van der Waals surface area contributed by atoms with Crippen LogP contribution in [0.25, 0.3) is 0 Å². The van der Waals surface area contributed by atoms with Crippen molar-refractivity contribution in [2.75, 3.05) is 6.26 Å². The van der Waals surface area contributed by atoms with Crippen molar-refractivity contribution in [3.8, 4) is 0 Å². The number of hydrogen-bond acceptors (Lipinski definition) is 3. The van der Waals surface area contributed by atoms with Crippen LogP contribution in [-0.2, 0) is 14.6 Å². The first-order valence-electron chi connectivity index (χ1n) is 4.08. The van der Waals surface area contributed by atoms with Gasteiger partial charge in [0.15, 0.2) is 9.84 Å². The summed E-state index contributed by atoms with van der Waals surface area (Å²) in [5, 5.41) is 0. The highest BCUT2D eigenvalue weighted by molar-refractivity contribution is 9.10. The molecule has 3 nitrogen and oxygen atoms in total. The SMILES string of the molecule is CC(C)(c1cccc(Br)n1)S(C)(=O)=O. The van der Waals surface area contributed by atoms with E-state index in [2.05, 4.69) is 20.9 Å². The summed E-state index contributed by atoms with van der Waals surface area (Å²) in [6.07, 6.45) is 1.22. The summed E-state index contributed by atoms with van der Waals surface area (Å²) >= 11 is 3.22. The third kappa shape index (κ3) is 2.15. The van der Waals surface area contributed by atoms with Gasteiger partial charge in [-0.2, -0.15) is 0 Å². The van der Waals surface area contributed by atoms with Crippen molar-refractivity contribution in [1.29, 1.82) is 0 Å². The van der Waals surface area contributed by atoms with Gasteiger partial charge in [0, 0.05) is 6.26 Å². The Morgan fingerprint density at radius 1 is 1.36 bits per heavy atom. The molecule has 0 amide bonds. The molecule has 1 rings (SSSR count). The average molecular weight is 278 g/mol. The fraction of sp³-hybridized carbons (Fsp3) is 0.444. The Bertz CT molecular complexity index is 440. The number of sulfone groups is 1. The van der Waals surface area contributed by atoms with E-state index in [-0.39, 0.29) is 0 Å². The first-order valence-corrected chi connectivity index (χ1v) is 6.76. The van der Waals surface area contributed by atoms with Gasteiger partial charge in [-0.15, -0.1) is 0 Å². The quantitative estimate of drug-likeness (QED) is 0.778. The second-order valence-corrected chi connectivity index (χ2v) is 7.01. The second-order valence-electron chi connectivity index (χ2n) is 3.63. The van der Waals surface area contributed by atoms with Gasteiger partial charge in [-0.05, 0) is 41.9 Å². The molecule has 1 heterocycles. The summed E-state index contributed by atoms with van der Waals surface area (Å²) in [5.41, 5.74) is 0.550. The summed E-state index contributed by atoms with van der Waals surface area (Å²) in [6, 6.07) is 5.26. The Hall–Kier alpha value is -0.420. The molecule has 0 radical (unpaired) electrons. The molecule has 0 aliphatic heterocycles. The number of nitrogens with zero attached hydrogens (tertiary/aromatic N) is 1. The molecule has 0 saturated carbocycles. The van der Waals surface area contributed by atoms with Gasteiger partial charge in [0.1, 0.15) is 9.35 Å². The summed E-state index contributed by atoms with van der Waals surface area (Å²) < 4.78 is 22.7. The van der Waals surface area contributed by atoms with Gasteiger partial charge in [-0.25, -0.2) is 13.4 Å². The highest BCUT2D eigenvalue weighted by Crippen LogP contribution is 2.27. The monoisotopic (exact) mass is 277 g/mol. The van der Waals surface area contributed by atoms with E-state index >= 15 is 0 Å². The van der Waals surface area contributed by atoms with E-state index < -0.39 is 14.6 Å². The van der Waals surface area contributed by atoms with Crippen molar-refractivity contribution in [3.05, 3.63) is 28.5 Å². The Morgan fingerprint density at radius 3 is 2.36 bits per heavy atom. The lowest BCUT2D eigenvalue weighted by molar-refractivity contribution is 0.556. The van der Waals surface area contributed by atoms with Crippen LogP contribution in [0.1, 0.15) is 19.5 Å². The number of rotatable bonds is 2. The van der Waals surface area contributed by atoms with Crippen LogP contribution in [0.4, 0.5) is 0 Å². The Balaban J connectivity index is 3.31. The van der Waals surface area contributed by atoms with E-state index in [1.807, 2.05) is 0 Å². The van der Waals surface area contributed by atoms with E-state index in [4.69, 9.17) is 0 Å². The smallest absolute Gasteiger partial charge is 0.158 e. The van der Waals surface area contributed by atoms with Crippen LogP contribution in [0.2, 0.25) is 0 Å². The molecule has 1 aromatic rings. The Morgan fingerprint density at radius 2 is 1.93 bits per heavy atom. The van der Waals surface area contributed by atoms with Crippen molar-refractivity contribution >= 4 is 25.8 Å². The van der Waals surface area contributed by atoms with Gasteiger partial charge in [0.25, 0.3) is 0 Å². The topological polar surface area (TPSA) is 47.0 Å². The minimum absolute atomic E-state index is 0.550. The van der Waals surface area contributed by atoms with E-state index in [0.29, 0.717) is 10.3 Å². The van der Waals surface area contributed by atoms with Crippen LogP contribution < -0.4 is 0 Å². The van der Waals surface area contributed by atoms with Crippen LogP contribution >= 0.6 is 15.9 Å². The summed E-state index contributed by atoms with van der Waals surface area (Å²) in [7, 11) is -3.16. The zero-order valence-electron chi connectivity index (χ0n) is 8.28. The Labute approximate surface area is 92.6 Å². The highest BCUT2D eigenvalue weighted by atomic mass is 79.9. The summed E-state index contributed by atoms with van der Waals surface area (Å²) in [6.45, 7) is 3.30. The maximum atomic E-state index is 11.5. The lowest BCUT2D eigenvalue weighted by Gasteiger charge is -2.21. The predicted octanol–water partition coefficient (Wildman–Crippen LogP) is 2.12. The lowest BCUT2D eigenvalue weighted by atomic mass is 10.1. The fourth-order valence-corrected chi connectivity index (χ4v) is 1.77. The largest absolute Gasteiger partial charge is 0.244 e. The van der Waals surface area contributed by atoms with Crippen LogP contribution in [0.15, 0.2) is 22.8 Å². The van der Waals surface area contributed by atoms with Crippen molar-refractivity contribution in [1.82, 2.24) is 4.98 Å². The first kappa shape index (κ1) is 11.7. The van der Waals surface area contributed by atoms with Gasteiger partial charge in [0.05, 0.1) is 5.69 Å². The number of halogens is 1. The molecule has 14 heavy (non-hydrogen) atoms. The molecule has 0 atom stereocenters. The van der Waals surface area contributed by atoms with E-state index in [9.17, 15) is 8.42 Å². The molecule has 0 aliphatic rings. The zero-order chi connectivity index (χ0) is 11.0. The van der Waals surface area contributed by atoms with E-state index in [1.165, 1.54) is 6.26 Å². The normalized spacial score (nSPS) is 12.9. The van der Waals surface area contributed by atoms with Crippen LogP contribution in [0.3, 0.4) is 0 Å². The van der Waals surface area contributed by atoms with Gasteiger partial charge >= 0.3 is 0 Å². The van der Waals surface area contributed by atoms with Gasteiger partial charge in [-0.1, -0.05) is 6.07 Å². The number of pyridine rings is 1. The zero-order valence-corrected chi connectivity index (χ0v) is 10.7. The minimum Gasteiger partial charge on any atom is -0.244 e. The van der Waals surface area contributed by atoms with Crippen molar-refractivity contribution < 1.29 is 8.42 Å². The summed E-state index contributed by atoms with van der Waals surface area (Å²) in [5.74, 6) is 0. The molecular formula is C9H12BrNO2S. The molecule has 78 valence electrons. The minimum atomic E-state index is -3.16. The number of hydrogen-bond donors (Lipinski definition) is 0. The van der Waals surface area contributed by atoms with Crippen LogP contribution in [0, 0.1) is 0 Å². The lowest BCUT2D eigenvalue weighted by Crippen LogP contribution is -2.29. The second kappa shape index (κ2) is 3.62. The summed E-state index contributed by atoms with van der Waals surface area (Å²) in [4.78, 5) is 4.15. The highest BCUT2D eigenvalue weighted by Gasteiger charge is 2.33. The molecule has 0 N–H and O–H groups in total. The van der Waals surface area contributed by atoms with E-state index in [1.54, 1.807) is 32.0 Å². The molecule has 5 heteroatoms. The molecule has 0 aliphatic carbocycles. The maximum absolute atomic E-state index is 11.5.